The Bertz CT molecular complexity index is 1350. The largest absolute Gasteiger partial charge is 0.512 e. The van der Waals surface area contributed by atoms with Crippen molar-refractivity contribution in [2.45, 2.75) is 38.8 Å². The Balaban J connectivity index is 1.36. The van der Waals surface area contributed by atoms with E-state index in [4.69, 9.17) is 8.83 Å². The first-order valence-corrected chi connectivity index (χ1v) is 11.3. The van der Waals surface area contributed by atoms with E-state index in [1.807, 2.05) is 24.3 Å². The van der Waals surface area contributed by atoms with Gasteiger partial charge in [-0.2, -0.15) is 5.10 Å². The number of nitrogens with one attached hydrogen (secondary N) is 1. The molecule has 4 heterocycles. The fourth-order valence-electron chi connectivity index (χ4n) is 4.21. The molecular formula is C26H24N4O5. The molecule has 1 aliphatic heterocycles. The number of aliphatic hydroxyl groups is 1. The average molecular weight is 473 g/mol. The lowest BCUT2D eigenvalue weighted by Gasteiger charge is -2.24. The van der Waals surface area contributed by atoms with Gasteiger partial charge in [-0.25, -0.2) is 5.01 Å². The number of furan rings is 2. The van der Waals surface area contributed by atoms with Crippen LogP contribution in [-0.2, 0) is 6.54 Å². The first kappa shape index (κ1) is 22.4. The van der Waals surface area contributed by atoms with Crippen molar-refractivity contribution in [3.05, 3.63) is 101 Å². The topological polar surface area (TPSA) is 121 Å². The van der Waals surface area contributed by atoms with Gasteiger partial charge in [0.05, 0.1) is 35.9 Å². The standard InChI is InChI=1S/C26H24N4O5/c1-16-19(10-12-34-16)25(32)28-15-18-8-9-24(35-18)26(33)30-22(20-6-2-3-7-23(20)31)13-21(29-30)17-5-4-11-27-14-17/h2,4-6,8-12,14,22,31H,3,7,13,15H2,1H3,(H,28,32). The maximum absolute atomic E-state index is 13.4. The number of aromatic nitrogens is 1. The summed E-state index contributed by atoms with van der Waals surface area (Å²) >= 11 is 0. The van der Waals surface area contributed by atoms with Gasteiger partial charge in [-0.3, -0.25) is 14.6 Å². The van der Waals surface area contributed by atoms with Gasteiger partial charge < -0.3 is 19.3 Å². The van der Waals surface area contributed by atoms with Gasteiger partial charge in [-0.15, -0.1) is 0 Å². The molecule has 2 amide bonds. The summed E-state index contributed by atoms with van der Waals surface area (Å²) in [5, 5.41) is 19.2. The Labute approximate surface area is 201 Å². The molecule has 2 aliphatic rings. The number of aliphatic hydroxyl groups excluding tert-OH is 1. The molecule has 3 aromatic heterocycles. The van der Waals surface area contributed by atoms with Crippen LogP contribution in [0.4, 0.5) is 0 Å². The third kappa shape index (κ3) is 4.52. The van der Waals surface area contributed by atoms with Gasteiger partial charge in [0.1, 0.15) is 11.5 Å². The molecule has 1 unspecified atom stereocenters. The third-order valence-electron chi connectivity index (χ3n) is 6.05. The molecule has 9 heteroatoms. The highest BCUT2D eigenvalue weighted by atomic mass is 16.4. The van der Waals surface area contributed by atoms with Crippen molar-refractivity contribution in [1.82, 2.24) is 15.3 Å². The molecule has 1 atom stereocenters. The van der Waals surface area contributed by atoms with Crippen molar-refractivity contribution in [2.24, 2.45) is 5.10 Å². The Kier molecular flexibility index (Phi) is 6.05. The number of allylic oxidation sites excluding steroid dienone is 2. The Morgan fingerprint density at radius 3 is 2.89 bits per heavy atom. The van der Waals surface area contributed by atoms with Crippen LogP contribution in [0.3, 0.4) is 0 Å². The number of rotatable bonds is 6. The van der Waals surface area contributed by atoms with Crippen LogP contribution in [0.15, 0.2) is 86.4 Å². The minimum absolute atomic E-state index is 0.0924. The van der Waals surface area contributed by atoms with Crippen LogP contribution in [0.25, 0.3) is 0 Å². The summed E-state index contributed by atoms with van der Waals surface area (Å²) in [6.45, 7) is 1.82. The molecule has 178 valence electrons. The van der Waals surface area contributed by atoms with Gasteiger partial charge in [0.25, 0.3) is 5.91 Å². The number of hydrogen-bond donors (Lipinski definition) is 2. The number of carbonyl (C=O) groups excluding carboxylic acids is 2. The highest BCUT2D eigenvalue weighted by molar-refractivity contribution is 6.04. The lowest BCUT2D eigenvalue weighted by molar-refractivity contribution is 0.0700. The van der Waals surface area contributed by atoms with E-state index < -0.39 is 11.9 Å². The van der Waals surface area contributed by atoms with Crippen LogP contribution in [0.5, 0.6) is 0 Å². The summed E-state index contributed by atoms with van der Waals surface area (Å²) in [6, 6.07) is 8.03. The Morgan fingerprint density at radius 1 is 1.26 bits per heavy atom. The molecule has 3 aromatic rings. The van der Waals surface area contributed by atoms with E-state index in [0.29, 0.717) is 41.2 Å². The summed E-state index contributed by atoms with van der Waals surface area (Å²) in [6.07, 6.45) is 10.4. The zero-order valence-electron chi connectivity index (χ0n) is 19.1. The van der Waals surface area contributed by atoms with Crippen molar-refractivity contribution < 1.29 is 23.5 Å². The normalized spacial score (nSPS) is 17.6. The SMILES string of the molecule is Cc1occc1C(=O)NCc1ccc(C(=O)N2N=C(c3cccnc3)CC2C2=C(O)CCC=C2)o1. The van der Waals surface area contributed by atoms with Crippen LogP contribution in [0.1, 0.15) is 57.3 Å². The zero-order valence-corrected chi connectivity index (χ0v) is 19.1. The maximum Gasteiger partial charge on any atom is 0.310 e. The van der Waals surface area contributed by atoms with E-state index in [1.165, 1.54) is 11.3 Å². The molecule has 0 aromatic carbocycles. The number of hydrogen-bond acceptors (Lipinski definition) is 7. The van der Waals surface area contributed by atoms with Gasteiger partial charge in [0.15, 0.2) is 5.76 Å². The number of hydrazone groups is 1. The van der Waals surface area contributed by atoms with Gasteiger partial charge in [-0.05, 0) is 37.6 Å². The lowest BCUT2D eigenvalue weighted by atomic mass is 9.93. The van der Waals surface area contributed by atoms with Crippen molar-refractivity contribution in [2.75, 3.05) is 0 Å². The number of amides is 2. The number of nitrogens with zero attached hydrogens (tertiary/aromatic N) is 3. The predicted molar refractivity (Wildman–Crippen MR) is 127 cm³/mol. The minimum Gasteiger partial charge on any atom is -0.512 e. The van der Waals surface area contributed by atoms with Gasteiger partial charge in [0.2, 0.25) is 0 Å². The molecular weight excluding hydrogens is 448 g/mol. The quantitative estimate of drug-likeness (QED) is 0.552. The smallest absolute Gasteiger partial charge is 0.310 e. The van der Waals surface area contributed by atoms with Crippen molar-refractivity contribution in [1.29, 1.82) is 0 Å². The summed E-state index contributed by atoms with van der Waals surface area (Å²) in [4.78, 5) is 29.9. The summed E-state index contributed by atoms with van der Waals surface area (Å²) in [7, 11) is 0. The van der Waals surface area contributed by atoms with Crippen molar-refractivity contribution >= 4 is 17.5 Å². The van der Waals surface area contributed by atoms with Crippen molar-refractivity contribution in [3.8, 4) is 0 Å². The van der Waals surface area contributed by atoms with E-state index in [0.717, 1.165) is 12.0 Å². The fourth-order valence-corrected chi connectivity index (χ4v) is 4.21. The Morgan fingerprint density at radius 2 is 2.14 bits per heavy atom. The molecule has 0 saturated carbocycles. The highest BCUT2D eigenvalue weighted by Gasteiger charge is 2.37. The molecule has 0 fully saturated rings. The van der Waals surface area contributed by atoms with Crippen LogP contribution in [0, 0.1) is 6.92 Å². The second kappa shape index (κ2) is 9.46. The average Bonchev–Trinajstić information content (AvgIpc) is 3.63. The van der Waals surface area contributed by atoms with Crippen LogP contribution in [-0.4, -0.2) is 38.7 Å². The molecule has 5 rings (SSSR count). The summed E-state index contributed by atoms with van der Waals surface area (Å²) in [5.74, 6) is 0.572. The van der Waals surface area contributed by atoms with Crippen LogP contribution in [0.2, 0.25) is 0 Å². The van der Waals surface area contributed by atoms with E-state index in [9.17, 15) is 14.7 Å². The first-order valence-electron chi connectivity index (χ1n) is 11.3. The lowest BCUT2D eigenvalue weighted by Crippen LogP contribution is -2.34. The summed E-state index contributed by atoms with van der Waals surface area (Å²) in [5.41, 5.74) is 2.62. The second-order valence-electron chi connectivity index (χ2n) is 8.34. The maximum atomic E-state index is 13.4. The predicted octanol–water partition coefficient (Wildman–Crippen LogP) is 4.29. The number of pyridine rings is 1. The fraction of sp³-hybridized carbons (Fsp3) is 0.231. The van der Waals surface area contributed by atoms with Gasteiger partial charge in [0, 0.05) is 36.4 Å². The molecule has 35 heavy (non-hydrogen) atoms. The third-order valence-corrected chi connectivity index (χ3v) is 6.05. The summed E-state index contributed by atoms with van der Waals surface area (Å²) < 4.78 is 10.9. The van der Waals surface area contributed by atoms with Crippen LogP contribution >= 0.6 is 0 Å². The molecule has 1 aliphatic carbocycles. The second-order valence-corrected chi connectivity index (χ2v) is 8.34. The van der Waals surface area contributed by atoms with E-state index in [1.54, 1.807) is 37.5 Å². The molecule has 0 radical (unpaired) electrons. The first-order chi connectivity index (χ1) is 17.0. The van der Waals surface area contributed by atoms with Gasteiger partial charge in [-0.1, -0.05) is 18.2 Å². The molecule has 0 bridgehead atoms. The van der Waals surface area contributed by atoms with E-state index >= 15 is 0 Å². The van der Waals surface area contributed by atoms with E-state index in [2.05, 4.69) is 15.4 Å². The van der Waals surface area contributed by atoms with E-state index in [-0.39, 0.29) is 24.0 Å². The number of carbonyl (C=O) groups is 2. The zero-order chi connectivity index (χ0) is 24.4. The van der Waals surface area contributed by atoms with Gasteiger partial charge >= 0.3 is 5.91 Å². The van der Waals surface area contributed by atoms with Crippen LogP contribution < -0.4 is 5.32 Å². The monoisotopic (exact) mass is 472 g/mol. The highest BCUT2D eigenvalue weighted by Crippen LogP contribution is 2.32. The molecule has 0 spiro atoms. The minimum atomic E-state index is -0.466. The number of aryl methyl sites for hydroxylation is 1. The van der Waals surface area contributed by atoms with Crippen molar-refractivity contribution in [3.63, 3.8) is 0 Å². The Hall–Kier alpha value is -4.40. The molecule has 0 saturated heterocycles. The molecule has 9 nitrogen and oxygen atoms in total. The molecule has 2 N–H and O–H groups in total.